The minimum Gasteiger partial charge on any atom is -0.308 e. The molecular weight excluding hydrogens is 352 g/mol. The smallest absolute Gasteiger partial charge is 0.267 e. The normalized spacial score (nSPS) is 24.4. The number of thiocarbonyl (C=S) groups is 1. The van der Waals surface area contributed by atoms with Gasteiger partial charge in [-0.25, -0.2) is 0 Å². The van der Waals surface area contributed by atoms with E-state index in [1.54, 1.807) is 9.80 Å². The fraction of sp³-hybridized carbons (Fsp3) is 0.421. The van der Waals surface area contributed by atoms with Crippen molar-refractivity contribution in [2.45, 2.75) is 45.1 Å². The summed E-state index contributed by atoms with van der Waals surface area (Å²) in [6.07, 6.45) is 5.50. The fourth-order valence-electron chi connectivity index (χ4n) is 4.00. The van der Waals surface area contributed by atoms with Gasteiger partial charge in [-0.3, -0.25) is 14.5 Å². The zero-order valence-electron chi connectivity index (χ0n) is 14.2. The van der Waals surface area contributed by atoms with Gasteiger partial charge in [0, 0.05) is 18.2 Å². The van der Waals surface area contributed by atoms with Crippen molar-refractivity contribution in [2.24, 2.45) is 0 Å². The zero-order valence-corrected chi connectivity index (χ0v) is 15.8. The minimum atomic E-state index is -0.0900. The average Bonchev–Trinajstić information content (AvgIpc) is 3.07. The number of carbonyl (C=O) groups excluding carboxylic acids is 2. The Morgan fingerprint density at radius 3 is 2.56 bits per heavy atom. The summed E-state index contributed by atoms with van der Waals surface area (Å²) >= 11 is 6.81. The second-order valence-electron chi connectivity index (χ2n) is 6.61. The Hall–Kier alpha value is -1.66. The molecule has 1 aromatic carbocycles. The lowest BCUT2D eigenvalue weighted by Gasteiger charge is -2.29. The second-order valence-corrected chi connectivity index (χ2v) is 8.25. The van der Waals surface area contributed by atoms with Gasteiger partial charge in [0.2, 0.25) is 0 Å². The van der Waals surface area contributed by atoms with Crippen LogP contribution < -0.4 is 4.90 Å². The number of nitrogens with zero attached hydrogens (tertiary/aromatic N) is 2. The van der Waals surface area contributed by atoms with Crippen molar-refractivity contribution in [2.75, 3.05) is 11.4 Å². The molecule has 4 nitrogen and oxygen atoms in total. The zero-order chi connectivity index (χ0) is 17.6. The highest BCUT2D eigenvalue weighted by Crippen LogP contribution is 2.45. The molecule has 0 bridgehead atoms. The summed E-state index contributed by atoms with van der Waals surface area (Å²) in [5.41, 5.74) is 2.25. The summed E-state index contributed by atoms with van der Waals surface area (Å²) in [7, 11) is 0. The van der Waals surface area contributed by atoms with Gasteiger partial charge in [-0.15, -0.1) is 0 Å². The molecule has 0 radical (unpaired) electrons. The first-order chi connectivity index (χ1) is 12.1. The van der Waals surface area contributed by atoms with Gasteiger partial charge in [-0.05, 0) is 25.8 Å². The van der Waals surface area contributed by atoms with Gasteiger partial charge in [0.25, 0.3) is 11.8 Å². The van der Waals surface area contributed by atoms with Crippen LogP contribution in [0.15, 0.2) is 29.2 Å². The van der Waals surface area contributed by atoms with E-state index in [2.05, 4.69) is 0 Å². The maximum absolute atomic E-state index is 13.1. The molecule has 1 aromatic rings. The number of carbonyl (C=O) groups is 2. The fourth-order valence-corrected chi connectivity index (χ4v) is 5.47. The standard InChI is InChI=1S/C19H20N2O2S2/c1-2-20-14-11-7-6-10-13(14)15(17(20)22)16-18(23)21(19(24)25-16)12-8-4-3-5-9-12/h6-7,10-12H,2-5,8-9H2,1H3/b16-15-. The first-order valence-electron chi connectivity index (χ1n) is 8.84. The molecule has 2 aliphatic heterocycles. The van der Waals surface area contributed by atoms with E-state index in [1.165, 1.54) is 18.2 Å². The highest BCUT2D eigenvalue weighted by molar-refractivity contribution is 8.26. The number of hydrogen-bond donors (Lipinski definition) is 0. The number of rotatable bonds is 2. The molecule has 4 rings (SSSR count). The van der Waals surface area contributed by atoms with Crippen molar-refractivity contribution in [3.63, 3.8) is 0 Å². The molecule has 1 saturated carbocycles. The van der Waals surface area contributed by atoms with E-state index >= 15 is 0 Å². The van der Waals surface area contributed by atoms with Gasteiger partial charge >= 0.3 is 0 Å². The molecule has 130 valence electrons. The summed E-state index contributed by atoms with van der Waals surface area (Å²) in [5, 5.41) is 0. The molecule has 0 N–H and O–H groups in total. The third-order valence-corrected chi connectivity index (χ3v) is 6.61. The van der Waals surface area contributed by atoms with Crippen molar-refractivity contribution >= 4 is 51.4 Å². The van der Waals surface area contributed by atoms with E-state index in [-0.39, 0.29) is 17.9 Å². The molecule has 0 atom stereocenters. The lowest BCUT2D eigenvalue weighted by atomic mass is 9.94. The number of anilines is 1. The van der Waals surface area contributed by atoms with Crippen LogP contribution in [0.4, 0.5) is 5.69 Å². The van der Waals surface area contributed by atoms with E-state index in [0.717, 1.165) is 36.9 Å². The third-order valence-electron chi connectivity index (χ3n) is 5.21. The molecular formula is C19H20N2O2S2. The lowest BCUT2D eigenvalue weighted by molar-refractivity contribution is -0.124. The Morgan fingerprint density at radius 2 is 1.84 bits per heavy atom. The largest absolute Gasteiger partial charge is 0.308 e. The maximum Gasteiger partial charge on any atom is 0.267 e. The highest BCUT2D eigenvalue weighted by Gasteiger charge is 2.43. The predicted octanol–water partition coefficient (Wildman–Crippen LogP) is 3.96. The Kier molecular flexibility index (Phi) is 4.41. The Labute approximate surface area is 157 Å². The van der Waals surface area contributed by atoms with E-state index in [0.29, 0.717) is 21.3 Å². The third kappa shape index (κ3) is 2.62. The lowest BCUT2D eigenvalue weighted by Crippen LogP contribution is -2.40. The van der Waals surface area contributed by atoms with Gasteiger partial charge in [-0.1, -0.05) is 61.4 Å². The Morgan fingerprint density at radius 1 is 1.12 bits per heavy atom. The average molecular weight is 373 g/mol. The number of para-hydroxylation sites is 1. The van der Waals surface area contributed by atoms with Crippen molar-refractivity contribution in [3.05, 3.63) is 34.7 Å². The molecule has 2 heterocycles. The molecule has 25 heavy (non-hydrogen) atoms. The molecule has 0 aromatic heterocycles. The number of fused-ring (bicyclic) bond motifs is 1. The quantitative estimate of drug-likeness (QED) is 0.582. The summed E-state index contributed by atoms with van der Waals surface area (Å²) < 4.78 is 0.597. The van der Waals surface area contributed by atoms with Crippen molar-refractivity contribution < 1.29 is 9.59 Å². The van der Waals surface area contributed by atoms with E-state index in [1.807, 2.05) is 31.2 Å². The Balaban J connectivity index is 1.77. The highest BCUT2D eigenvalue weighted by atomic mass is 32.2. The van der Waals surface area contributed by atoms with Crippen LogP contribution in [-0.4, -0.2) is 33.6 Å². The Bertz CT molecular complexity index is 796. The van der Waals surface area contributed by atoms with E-state index in [4.69, 9.17) is 12.2 Å². The predicted molar refractivity (Wildman–Crippen MR) is 105 cm³/mol. The molecule has 0 unspecified atom stereocenters. The van der Waals surface area contributed by atoms with Crippen LogP contribution in [0.2, 0.25) is 0 Å². The summed E-state index contributed by atoms with van der Waals surface area (Å²) in [6.45, 7) is 2.53. The number of thioether (sulfide) groups is 1. The number of likely N-dealkylation sites (N-methyl/N-ethyl adjacent to an activating group) is 1. The van der Waals surface area contributed by atoms with Crippen molar-refractivity contribution in [3.8, 4) is 0 Å². The minimum absolute atomic E-state index is 0.0852. The molecule has 6 heteroatoms. The first kappa shape index (κ1) is 16.8. The van der Waals surface area contributed by atoms with Crippen molar-refractivity contribution in [1.29, 1.82) is 0 Å². The van der Waals surface area contributed by atoms with Crippen LogP contribution in [0.5, 0.6) is 0 Å². The molecule has 1 saturated heterocycles. The van der Waals surface area contributed by atoms with Crippen LogP contribution in [0.25, 0.3) is 5.57 Å². The van der Waals surface area contributed by atoms with Gasteiger partial charge in [-0.2, -0.15) is 0 Å². The monoisotopic (exact) mass is 372 g/mol. The molecule has 2 amide bonds. The number of hydrogen-bond acceptors (Lipinski definition) is 4. The molecule has 2 fully saturated rings. The maximum atomic E-state index is 13.1. The first-order valence-corrected chi connectivity index (χ1v) is 10.1. The van der Waals surface area contributed by atoms with Crippen LogP contribution >= 0.6 is 24.0 Å². The van der Waals surface area contributed by atoms with Crippen LogP contribution in [0, 0.1) is 0 Å². The molecule has 1 aliphatic carbocycles. The summed E-state index contributed by atoms with van der Waals surface area (Å²) in [5.74, 6) is -0.175. The molecule has 0 spiro atoms. The number of benzene rings is 1. The topological polar surface area (TPSA) is 40.6 Å². The van der Waals surface area contributed by atoms with Crippen molar-refractivity contribution in [1.82, 2.24) is 4.90 Å². The van der Waals surface area contributed by atoms with Gasteiger partial charge in [0.15, 0.2) is 0 Å². The van der Waals surface area contributed by atoms with E-state index in [9.17, 15) is 9.59 Å². The van der Waals surface area contributed by atoms with Gasteiger partial charge < -0.3 is 4.90 Å². The number of amides is 2. The van der Waals surface area contributed by atoms with Crippen LogP contribution in [0.3, 0.4) is 0 Å². The second kappa shape index (κ2) is 6.57. The van der Waals surface area contributed by atoms with Crippen LogP contribution in [-0.2, 0) is 9.59 Å². The molecule has 3 aliphatic rings. The van der Waals surface area contributed by atoms with E-state index < -0.39 is 0 Å². The van der Waals surface area contributed by atoms with Gasteiger partial charge in [0.1, 0.15) is 4.32 Å². The van der Waals surface area contributed by atoms with Crippen LogP contribution in [0.1, 0.15) is 44.6 Å². The summed E-state index contributed by atoms with van der Waals surface area (Å²) in [6, 6.07) is 7.88. The SMILES string of the molecule is CCN1C(=O)/C(=C2\SC(=S)N(C3CCCCC3)C2=O)c2ccccc21. The summed E-state index contributed by atoms with van der Waals surface area (Å²) in [4.78, 5) is 30.1. The van der Waals surface area contributed by atoms with Gasteiger partial charge in [0.05, 0.1) is 16.2 Å².